The van der Waals surface area contributed by atoms with Crippen molar-refractivity contribution in [2.75, 3.05) is 0 Å². The molecule has 5 aromatic rings. The summed E-state index contributed by atoms with van der Waals surface area (Å²) in [5.41, 5.74) is 3.29. The summed E-state index contributed by atoms with van der Waals surface area (Å²) in [7, 11) is 0. The molecule has 100 valence electrons. The molecular weight excluding hydrogens is 276 g/mol. The topological polar surface area (TPSA) is 13.1 Å². The molecule has 3 aromatic carbocycles. The lowest BCUT2D eigenvalue weighted by Gasteiger charge is -1.94. The molecule has 0 radical (unpaired) electrons. The Morgan fingerprint density at radius 2 is 1.62 bits per heavy atom. The Balaban J connectivity index is 2.04. The van der Waals surface area contributed by atoms with Crippen LogP contribution in [0.5, 0.6) is 0 Å². The van der Waals surface area contributed by atoms with Crippen LogP contribution in [0.25, 0.3) is 42.1 Å². The van der Waals surface area contributed by atoms with Crippen molar-refractivity contribution in [3.05, 3.63) is 60.2 Å². The molecule has 0 amide bonds. The summed E-state index contributed by atoms with van der Waals surface area (Å²) in [4.78, 5) is 0. The fourth-order valence-corrected chi connectivity index (χ4v) is 4.34. The molecule has 0 aliphatic rings. The number of rotatable bonds is 0. The summed E-state index contributed by atoms with van der Waals surface area (Å²) in [6.07, 6.45) is 0. The average molecular weight is 288 g/mol. The molecule has 0 aliphatic carbocycles. The molecule has 0 spiro atoms. The SMILES string of the molecule is Cc1cccc2c1sc1cc3oc4ccccc4c3cc12. The van der Waals surface area contributed by atoms with Crippen LogP contribution in [-0.4, -0.2) is 0 Å². The fraction of sp³-hybridized carbons (Fsp3) is 0.0526. The van der Waals surface area contributed by atoms with E-state index in [1.807, 2.05) is 23.5 Å². The highest BCUT2D eigenvalue weighted by molar-refractivity contribution is 7.26. The molecule has 0 unspecified atom stereocenters. The van der Waals surface area contributed by atoms with Crippen molar-refractivity contribution in [1.82, 2.24) is 0 Å². The van der Waals surface area contributed by atoms with E-state index in [-0.39, 0.29) is 0 Å². The number of aryl methyl sites for hydroxylation is 1. The van der Waals surface area contributed by atoms with E-state index in [4.69, 9.17) is 4.42 Å². The minimum Gasteiger partial charge on any atom is -0.456 e. The molecule has 0 N–H and O–H groups in total. The smallest absolute Gasteiger partial charge is 0.136 e. The molecule has 5 rings (SSSR count). The Morgan fingerprint density at radius 1 is 0.762 bits per heavy atom. The van der Waals surface area contributed by atoms with Gasteiger partial charge in [0.25, 0.3) is 0 Å². The van der Waals surface area contributed by atoms with Gasteiger partial charge in [0.05, 0.1) is 0 Å². The molecule has 2 heteroatoms. The van der Waals surface area contributed by atoms with E-state index in [0.29, 0.717) is 0 Å². The van der Waals surface area contributed by atoms with Crippen LogP contribution < -0.4 is 0 Å². The first-order valence-electron chi connectivity index (χ1n) is 7.04. The predicted molar refractivity (Wildman–Crippen MR) is 91.3 cm³/mol. The zero-order valence-corrected chi connectivity index (χ0v) is 12.3. The molecule has 0 atom stereocenters. The van der Waals surface area contributed by atoms with Crippen LogP contribution >= 0.6 is 11.3 Å². The minimum absolute atomic E-state index is 0.964. The van der Waals surface area contributed by atoms with Crippen LogP contribution in [0.1, 0.15) is 5.56 Å². The van der Waals surface area contributed by atoms with Crippen molar-refractivity contribution >= 4 is 53.4 Å². The van der Waals surface area contributed by atoms with Gasteiger partial charge < -0.3 is 4.42 Å². The standard InChI is InChI=1S/C19H12OS/c1-11-5-4-7-13-15-9-14-12-6-2-3-8-16(12)20-17(14)10-18(15)21-19(11)13/h2-10H,1H3. The van der Waals surface area contributed by atoms with Gasteiger partial charge in [0, 0.05) is 30.9 Å². The van der Waals surface area contributed by atoms with Gasteiger partial charge in [-0.3, -0.25) is 0 Å². The van der Waals surface area contributed by atoms with Crippen LogP contribution in [0.3, 0.4) is 0 Å². The Labute approximate surface area is 125 Å². The van der Waals surface area contributed by atoms with E-state index < -0.39 is 0 Å². The van der Waals surface area contributed by atoms with E-state index >= 15 is 0 Å². The molecule has 1 nitrogen and oxygen atoms in total. The summed E-state index contributed by atoms with van der Waals surface area (Å²) >= 11 is 1.85. The number of hydrogen-bond acceptors (Lipinski definition) is 2. The predicted octanol–water partition coefficient (Wildman–Crippen LogP) is 6.26. The van der Waals surface area contributed by atoms with E-state index in [2.05, 4.69) is 49.4 Å². The molecule has 0 saturated carbocycles. The third-order valence-corrected chi connectivity index (χ3v) is 5.50. The van der Waals surface area contributed by atoms with E-state index in [1.165, 1.54) is 36.5 Å². The molecule has 0 aliphatic heterocycles. The monoisotopic (exact) mass is 288 g/mol. The van der Waals surface area contributed by atoms with Crippen LogP contribution in [0.2, 0.25) is 0 Å². The Bertz CT molecular complexity index is 1140. The van der Waals surface area contributed by atoms with Gasteiger partial charge in [0.1, 0.15) is 11.2 Å². The van der Waals surface area contributed by atoms with Crippen LogP contribution in [0, 0.1) is 6.92 Å². The number of hydrogen-bond donors (Lipinski definition) is 0. The lowest BCUT2D eigenvalue weighted by atomic mass is 10.1. The summed E-state index contributed by atoms with van der Waals surface area (Å²) in [6.45, 7) is 2.18. The van der Waals surface area contributed by atoms with Gasteiger partial charge in [-0.05, 0) is 30.7 Å². The summed E-state index contributed by atoms with van der Waals surface area (Å²) in [5, 5.41) is 5.08. The lowest BCUT2D eigenvalue weighted by Crippen LogP contribution is -1.71. The lowest BCUT2D eigenvalue weighted by molar-refractivity contribution is 0.669. The van der Waals surface area contributed by atoms with E-state index in [9.17, 15) is 0 Å². The van der Waals surface area contributed by atoms with Crippen molar-refractivity contribution in [2.24, 2.45) is 0 Å². The Kier molecular flexibility index (Phi) is 2.09. The van der Waals surface area contributed by atoms with Gasteiger partial charge in [-0.15, -0.1) is 11.3 Å². The van der Waals surface area contributed by atoms with Crippen molar-refractivity contribution in [3.8, 4) is 0 Å². The third-order valence-electron chi connectivity index (χ3n) is 4.19. The second-order valence-corrected chi connectivity index (χ2v) is 6.55. The van der Waals surface area contributed by atoms with E-state index in [0.717, 1.165) is 11.2 Å². The summed E-state index contributed by atoms with van der Waals surface area (Å²) in [6, 6.07) is 19.3. The van der Waals surface area contributed by atoms with Gasteiger partial charge >= 0.3 is 0 Å². The number of para-hydroxylation sites is 1. The second-order valence-electron chi connectivity index (χ2n) is 5.50. The van der Waals surface area contributed by atoms with Gasteiger partial charge in [-0.25, -0.2) is 0 Å². The maximum absolute atomic E-state index is 5.99. The van der Waals surface area contributed by atoms with Crippen LogP contribution in [0.4, 0.5) is 0 Å². The number of fused-ring (bicyclic) bond motifs is 6. The molecule has 0 saturated heterocycles. The molecule has 0 fully saturated rings. The Morgan fingerprint density at radius 3 is 2.57 bits per heavy atom. The molecule has 2 aromatic heterocycles. The Hall–Kier alpha value is -2.32. The first-order chi connectivity index (χ1) is 10.3. The largest absolute Gasteiger partial charge is 0.456 e. The van der Waals surface area contributed by atoms with Crippen LogP contribution in [-0.2, 0) is 0 Å². The van der Waals surface area contributed by atoms with Crippen molar-refractivity contribution in [3.63, 3.8) is 0 Å². The number of benzene rings is 3. The zero-order chi connectivity index (χ0) is 14.0. The van der Waals surface area contributed by atoms with Crippen LogP contribution in [0.15, 0.2) is 59.0 Å². The van der Waals surface area contributed by atoms with Crippen molar-refractivity contribution in [1.29, 1.82) is 0 Å². The third kappa shape index (κ3) is 1.45. The normalized spacial score (nSPS) is 12.0. The molecule has 2 heterocycles. The van der Waals surface area contributed by atoms with Gasteiger partial charge in [-0.1, -0.05) is 36.4 Å². The average Bonchev–Trinajstić information content (AvgIpc) is 3.04. The minimum atomic E-state index is 0.964. The first kappa shape index (κ1) is 11.4. The first-order valence-corrected chi connectivity index (χ1v) is 7.86. The zero-order valence-electron chi connectivity index (χ0n) is 11.5. The summed E-state index contributed by atoms with van der Waals surface area (Å²) in [5.74, 6) is 0. The highest BCUT2D eigenvalue weighted by Gasteiger charge is 2.12. The molecule has 0 bridgehead atoms. The van der Waals surface area contributed by atoms with Crippen molar-refractivity contribution < 1.29 is 4.42 Å². The van der Waals surface area contributed by atoms with Gasteiger partial charge in [0.2, 0.25) is 0 Å². The second kappa shape index (κ2) is 3.86. The quantitative estimate of drug-likeness (QED) is 0.327. The maximum atomic E-state index is 5.99. The van der Waals surface area contributed by atoms with Crippen molar-refractivity contribution in [2.45, 2.75) is 6.92 Å². The highest BCUT2D eigenvalue weighted by Crippen LogP contribution is 2.40. The maximum Gasteiger partial charge on any atom is 0.136 e. The van der Waals surface area contributed by atoms with Gasteiger partial charge in [-0.2, -0.15) is 0 Å². The molecular formula is C19H12OS. The number of thiophene rings is 1. The number of furan rings is 1. The van der Waals surface area contributed by atoms with E-state index in [1.54, 1.807) is 0 Å². The molecule has 21 heavy (non-hydrogen) atoms. The highest BCUT2D eigenvalue weighted by atomic mass is 32.1. The van der Waals surface area contributed by atoms with Gasteiger partial charge in [0.15, 0.2) is 0 Å². The summed E-state index contributed by atoms with van der Waals surface area (Å²) < 4.78 is 8.67. The fourth-order valence-electron chi connectivity index (χ4n) is 3.16.